The van der Waals surface area contributed by atoms with Crippen molar-refractivity contribution in [3.05, 3.63) is 39.8 Å². The standard InChI is InChI=1S/C13H11BrFNO3/c1-2-3-10-11(13(17)18)12(16-19-10)8-6-7(14)4-5-9(8)15/h4-6H,2-3H2,1H3,(H,17,18). The summed E-state index contributed by atoms with van der Waals surface area (Å²) in [5.41, 5.74) is 0.0616. The predicted octanol–water partition coefficient (Wildman–Crippen LogP) is 3.89. The largest absolute Gasteiger partial charge is 0.477 e. The highest BCUT2D eigenvalue weighted by atomic mass is 79.9. The Hall–Kier alpha value is -1.69. The van der Waals surface area contributed by atoms with Crippen LogP contribution in [0.1, 0.15) is 29.5 Å². The highest BCUT2D eigenvalue weighted by Gasteiger charge is 2.24. The molecule has 0 radical (unpaired) electrons. The molecule has 2 rings (SSSR count). The van der Waals surface area contributed by atoms with Crippen molar-refractivity contribution in [2.75, 3.05) is 0 Å². The molecule has 1 aromatic carbocycles. The molecule has 1 aromatic heterocycles. The number of carbonyl (C=O) groups is 1. The number of aryl methyl sites for hydroxylation is 1. The Kier molecular flexibility index (Phi) is 3.99. The smallest absolute Gasteiger partial charge is 0.341 e. The topological polar surface area (TPSA) is 63.3 Å². The Morgan fingerprint density at radius 1 is 1.53 bits per heavy atom. The van der Waals surface area contributed by atoms with Gasteiger partial charge in [-0.1, -0.05) is 28.0 Å². The number of aromatic carboxylic acids is 1. The van der Waals surface area contributed by atoms with Crippen LogP contribution < -0.4 is 0 Å². The lowest BCUT2D eigenvalue weighted by molar-refractivity contribution is 0.0695. The first-order valence-electron chi connectivity index (χ1n) is 5.71. The van der Waals surface area contributed by atoms with Crippen molar-refractivity contribution in [1.82, 2.24) is 5.16 Å². The van der Waals surface area contributed by atoms with Crippen molar-refractivity contribution < 1.29 is 18.8 Å². The molecule has 2 aromatic rings. The van der Waals surface area contributed by atoms with Gasteiger partial charge in [0.1, 0.15) is 17.1 Å². The molecule has 0 atom stereocenters. The summed E-state index contributed by atoms with van der Waals surface area (Å²) in [6.07, 6.45) is 1.17. The fraction of sp³-hybridized carbons (Fsp3) is 0.231. The number of aromatic nitrogens is 1. The minimum Gasteiger partial charge on any atom is -0.477 e. The first-order valence-corrected chi connectivity index (χ1v) is 6.51. The minimum atomic E-state index is -1.17. The van der Waals surface area contributed by atoms with E-state index in [4.69, 9.17) is 4.52 Å². The van der Waals surface area contributed by atoms with Crippen molar-refractivity contribution in [2.24, 2.45) is 0 Å². The molecule has 6 heteroatoms. The van der Waals surface area contributed by atoms with Gasteiger partial charge in [-0.05, 0) is 24.6 Å². The van der Waals surface area contributed by atoms with Crippen molar-refractivity contribution in [3.8, 4) is 11.3 Å². The van der Waals surface area contributed by atoms with Gasteiger partial charge < -0.3 is 9.63 Å². The summed E-state index contributed by atoms with van der Waals surface area (Å²) in [5, 5.41) is 13.0. The summed E-state index contributed by atoms with van der Waals surface area (Å²) < 4.78 is 19.5. The number of nitrogens with zero attached hydrogens (tertiary/aromatic N) is 1. The molecule has 0 bridgehead atoms. The van der Waals surface area contributed by atoms with Gasteiger partial charge in [-0.3, -0.25) is 0 Å². The van der Waals surface area contributed by atoms with Gasteiger partial charge in [0.2, 0.25) is 0 Å². The summed E-state index contributed by atoms with van der Waals surface area (Å²) in [7, 11) is 0. The SMILES string of the molecule is CCCc1onc(-c2cc(Br)ccc2F)c1C(=O)O. The van der Waals surface area contributed by atoms with Crippen molar-refractivity contribution in [1.29, 1.82) is 0 Å². The average Bonchev–Trinajstić information content (AvgIpc) is 2.76. The molecule has 0 unspecified atom stereocenters. The van der Waals surface area contributed by atoms with Crippen molar-refractivity contribution in [2.45, 2.75) is 19.8 Å². The Morgan fingerprint density at radius 3 is 2.89 bits per heavy atom. The van der Waals surface area contributed by atoms with Crippen LogP contribution in [0.5, 0.6) is 0 Å². The zero-order valence-corrected chi connectivity index (χ0v) is 11.7. The lowest BCUT2D eigenvalue weighted by atomic mass is 10.0. The zero-order valence-electron chi connectivity index (χ0n) is 10.1. The second-order valence-electron chi connectivity index (χ2n) is 4.01. The number of halogens is 2. The van der Waals surface area contributed by atoms with Crippen LogP contribution in [0, 0.1) is 5.82 Å². The number of carboxylic acids is 1. The van der Waals surface area contributed by atoms with Gasteiger partial charge in [-0.2, -0.15) is 0 Å². The van der Waals surface area contributed by atoms with Gasteiger partial charge in [0.05, 0.1) is 0 Å². The highest BCUT2D eigenvalue weighted by Crippen LogP contribution is 2.30. The molecule has 0 aliphatic heterocycles. The molecule has 0 fully saturated rings. The Bertz CT molecular complexity index is 624. The molecule has 100 valence electrons. The molecule has 0 saturated heterocycles. The van der Waals surface area contributed by atoms with E-state index in [0.717, 1.165) is 6.42 Å². The molecule has 1 N–H and O–H groups in total. The zero-order chi connectivity index (χ0) is 14.0. The van der Waals surface area contributed by atoms with Crippen LogP contribution in [0.4, 0.5) is 4.39 Å². The van der Waals surface area contributed by atoms with Gasteiger partial charge in [-0.15, -0.1) is 0 Å². The molecule has 0 spiro atoms. The van der Waals surface area contributed by atoms with E-state index < -0.39 is 11.8 Å². The van der Waals surface area contributed by atoms with Crippen molar-refractivity contribution in [3.63, 3.8) is 0 Å². The van der Waals surface area contributed by atoms with Crippen LogP contribution in [0.15, 0.2) is 27.2 Å². The van der Waals surface area contributed by atoms with Gasteiger partial charge >= 0.3 is 5.97 Å². The molecular formula is C13H11BrFNO3. The maximum Gasteiger partial charge on any atom is 0.341 e. The lowest BCUT2D eigenvalue weighted by Crippen LogP contribution is -2.02. The van der Waals surface area contributed by atoms with E-state index in [1.807, 2.05) is 6.92 Å². The third-order valence-electron chi connectivity index (χ3n) is 2.64. The van der Waals surface area contributed by atoms with Gasteiger partial charge in [-0.25, -0.2) is 9.18 Å². The molecular weight excluding hydrogens is 317 g/mol. The number of hydrogen-bond acceptors (Lipinski definition) is 3. The second kappa shape index (κ2) is 5.52. The van der Waals surface area contributed by atoms with E-state index in [1.54, 1.807) is 0 Å². The number of carboxylic acid groups (broad SMARTS) is 1. The van der Waals surface area contributed by atoms with Gasteiger partial charge in [0, 0.05) is 16.5 Å². The normalized spacial score (nSPS) is 10.7. The van der Waals surface area contributed by atoms with Crippen LogP contribution in [-0.4, -0.2) is 16.2 Å². The van der Waals surface area contributed by atoms with Crippen LogP contribution in [0.25, 0.3) is 11.3 Å². The Morgan fingerprint density at radius 2 is 2.26 bits per heavy atom. The lowest BCUT2D eigenvalue weighted by Gasteiger charge is -2.02. The summed E-state index contributed by atoms with van der Waals surface area (Å²) in [6, 6.07) is 4.26. The van der Waals surface area contributed by atoms with Crippen LogP contribution >= 0.6 is 15.9 Å². The van der Waals surface area contributed by atoms with E-state index in [0.29, 0.717) is 10.9 Å². The monoisotopic (exact) mass is 327 g/mol. The van der Waals surface area contributed by atoms with Gasteiger partial charge in [0.15, 0.2) is 5.76 Å². The number of benzene rings is 1. The quantitative estimate of drug-likeness (QED) is 0.925. The fourth-order valence-corrected chi connectivity index (χ4v) is 2.17. The summed E-state index contributed by atoms with van der Waals surface area (Å²) in [6.45, 7) is 1.90. The first kappa shape index (κ1) is 13.7. The van der Waals surface area contributed by atoms with Gasteiger partial charge in [0.25, 0.3) is 0 Å². The summed E-state index contributed by atoms with van der Waals surface area (Å²) >= 11 is 3.22. The maximum atomic E-state index is 13.8. The molecule has 0 amide bonds. The third-order valence-corrected chi connectivity index (χ3v) is 3.13. The molecule has 19 heavy (non-hydrogen) atoms. The molecule has 0 aliphatic carbocycles. The number of hydrogen-bond donors (Lipinski definition) is 1. The Labute approximate surface area is 117 Å². The van der Waals surface area contributed by atoms with Crippen LogP contribution in [0.3, 0.4) is 0 Å². The third kappa shape index (κ3) is 2.68. The van der Waals surface area contributed by atoms with Crippen LogP contribution in [-0.2, 0) is 6.42 Å². The van der Waals surface area contributed by atoms with E-state index in [2.05, 4.69) is 21.1 Å². The highest BCUT2D eigenvalue weighted by molar-refractivity contribution is 9.10. The summed E-state index contributed by atoms with van der Waals surface area (Å²) in [5.74, 6) is -1.44. The van der Waals surface area contributed by atoms with Crippen molar-refractivity contribution >= 4 is 21.9 Å². The number of rotatable bonds is 4. The molecule has 0 aliphatic rings. The minimum absolute atomic E-state index is 0.0229. The summed E-state index contributed by atoms with van der Waals surface area (Å²) in [4.78, 5) is 11.3. The average molecular weight is 328 g/mol. The van der Waals surface area contributed by atoms with E-state index in [-0.39, 0.29) is 22.6 Å². The van der Waals surface area contributed by atoms with Crippen LogP contribution in [0.2, 0.25) is 0 Å². The molecule has 4 nitrogen and oxygen atoms in total. The first-order chi connectivity index (χ1) is 9.04. The second-order valence-corrected chi connectivity index (χ2v) is 4.92. The van der Waals surface area contributed by atoms with E-state index in [9.17, 15) is 14.3 Å². The van der Waals surface area contributed by atoms with E-state index in [1.165, 1.54) is 18.2 Å². The van der Waals surface area contributed by atoms with E-state index >= 15 is 0 Å². The predicted molar refractivity (Wildman–Crippen MR) is 70.6 cm³/mol. The molecule has 0 saturated carbocycles. The molecule has 1 heterocycles. The Balaban J connectivity index is 2.62. The fourth-order valence-electron chi connectivity index (χ4n) is 1.81. The maximum absolute atomic E-state index is 13.8.